The quantitative estimate of drug-likeness (QED) is 0.474. The average molecular weight is 511 g/mol. The van der Waals surface area contributed by atoms with Gasteiger partial charge in [-0.2, -0.15) is 4.31 Å². The first kappa shape index (κ1) is 21.1. The van der Waals surface area contributed by atoms with Crippen LogP contribution in [0.25, 0.3) is 0 Å². The second kappa shape index (κ2) is 7.68. The van der Waals surface area contributed by atoms with Gasteiger partial charge in [-0.1, -0.05) is 23.5 Å². The van der Waals surface area contributed by atoms with Crippen molar-refractivity contribution in [2.45, 2.75) is 9.10 Å². The maximum atomic E-state index is 12.8. The lowest BCUT2D eigenvalue weighted by Crippen LogP contribution is -2.48. The monoisotopic (exact) mass is 510 g/mol. The highest BCUT2D eigenvalue weighted by Gasteiger charge is 2.33. The molecule has 3 rings (SSSR count). The number of sulfonamides is 2. The molecule has 1 aromatic carbocycles. The molecular weight excluding hydrogens is 496 g/mol. The zero-order valence-corrected chi connectivity index (χ0v) is 18.2. The van der Waals surface area contributed by atoms with E-state index >= 15 is 0 Å². The molecular formula is C14H15BrN4O6S3. The molecule has 10 nitrogen and oxygen atoms in total. The van der Waals surface area contributed by atoms with Crippen LogP contribution >= 0.6 is 27.3 Å². The molecule has 1 aliphatic heterocycles. The van der Waals surface area contributed by atoms with Crippen LogP contribution < -0.4 is 10.0 Å². The van der Waals surface area contributed by atoms with Gasteiger partial charge in [0.2, 0.25) is 20.0 Å². The third-order valence-corrected chi connectivity index (χ3v) is 9.64. The summed E-state index contributed by atoms with van der Waals surface area (Å²) in [5.41, 5.74) is -0.365. The predicted octanol–water partition coefficient (Wildman–Crippen LogP) is 1.58. The highest BCUT2D eigenvalue weighted by molar-refractivity contribution is 9.10. The minimum absolute atomic E-state index is 0.101. The molecule has 0 saturated carbocycles. The topological polar surface area (TPSA) is 144 Å². The predicted molar refractivity (Wildman–Crippen MR) is 107 cm³/mol. The van der Waals surface area contributed by atoms with Crippen molar-refractivity contribution in [3.05, 3.63) is 44.9 Å². The van der Waals surface area contributed by atoms with E-state index < -0.39 is 25.0 Å². The Morgan fingerprint density at radius 3 is 2.25 bits per heavy atom. The maximum absolute atomic E-state index is 12.8. The molecule has 0 aliphatic carbocycles. The summed E-state index contributed by atoms with van der Waals surface area (Å²) in [7, 11) is -7.80. The Bertz CT molecular complexity index is 1120. The van der Waals surface area contributed by atoms with Crippen molar-refractivity contribution in [1.29, 1.82) is 0 Å². The zero-order chi connectivity index (χ0) is 20.7. The molecule has 2 heterocycles. The van der Waals surface area contributed by atoms with Crippen molar-refractivity contribution in [2.75, 3.05) is 31.1 Å². The lowest BCUT2D eigenvalue weighted by molar-refractivity contribution is -0.383. The molecule has 1 saturated heterocycles. The summed E-state index contributed by atoms with van der Waals surface area (Å²) in [5.74, 6) is 0. The fourth-order valence-corrected chi connectivity index (χ4v) is 7.05. The number of hydrogen-bond acceptors (Lipinski definition) is 8. The van der Waals surface area contributed by atoms with Crippen molar-refractivity contribution in [3.8, 4) is 0 Å². The fourth-order valence-electron chi connectivity index (χ4n) is 2.77. The second-order valence-electron chi connectivity index (χ2n) is 5.88. The third kappa shape index (κ3) is 4.06. The molecule has 14 heteroatoms. The summed E-state index contributed by atoms with van der Waals surface area (Å²) in [6.45, 7) is 0.553. The molecule has 1 fully saturated rings. The van der Waals surface area contributed by atoms with Crippen molar-refractivity contribution in [3.63, 3.8) is 0 Å². The van der Waals surface area contributed by atoms with E-state index in [0.717, 1.165) is 6.07 Å². The second-order valence-corrected chi connectivity index (χ2v) is 11.5. The number of nitro groups is 1. The SMILES string of the molecule is NS(=O)(=O)c1cc([N+](=O)[O-])c(N2CCN(S(=O)(=O)c3ccccc3Br)CC2)s1. The van der Waals surface area contributed by atoms with Crippen LogP contribution in [0, 0.1) is 10.1 Å². The average Bonchev–Trinajstić information content (AvgIpc) is 3.08. The maximum Gasteiger partial charge on any atom is 0.305 e. The number of halogens is 1. The summed E-state index contributed by atoms with van der Waals surface area (Å²) in [6.07, 6.45) is 0. The van der Waals surface area contributed by atoms with E-state index in [2.05, 4.69) is 15.9 Å². The lowest BCUT2D eigenvalue weighted by atomic mass is 10.3. The number of benzene rings is 1. The van der Waals surface area contributed by atoms with Crippen molar-refractivity contribution in [2.24, 2.45) is 5.14 Å². The first-order valence-corrected chi connectivity index (χ1v) is 12.4. The van der Waals surface area contributed by atoms with E-state index in [1.807, 2.05) is 0 Å². The molecule has 0 unspecified atom stereocenters. The normalized spacial score (nSPS) is 16.3. The Hall–Kier alpha value is -1.58. The lowest BCUT2D eigenvalue weighted by Gasteiger charge is -2.34. The van der Waals surface area contributed by atoms with Gasteiger partial charge in [-0.3, -0.25) is 10.1 Å². The van der Waals surface area contributed by atoms with E-state index in [9.17, 15) is 26.9 Å². The van der Waals surface area contributed by atoms with Crippen LogP contribution in [-0.4, -0.2) is 52.2 Å². The van der Waals surface area contributed by atoms with Crippen LogP contribution in [0.4, 0.5) is 10.7 Å². The first-order chi connectivity index (χ1) is 13.0. The number of rotatable bonds is 5. The van der Waals surface area contributed by atoms with Gasteiger partial charge in [0, 0.05) is 36.7 Å². The minimum atomic E-state index is -4.08. The Kier molecular flexibility index (Phi) is 5.80. The van der Waals surface area contributed by atoms with Crippen LogP contribution in [0.2, 0.25) is 0 Å². The molecule has 28 heavy (non-hydrogen) atoms. The minimum Gasteiger partial charge on any atom is -0.355 e. The van der Waals surface area contributed by atoms with E-state index in [0.29, 0.717) is 15.8 Å². The molecule has 0 radical (unpaired) electrons. The third-order valence-electron chi connectivity index (χ3n) is 4.13. The number of piperazine rings is 1. The van der Waals surface area contributed by atoms with Gasteiger partial charge in [-0.25, -0.2) is 22.0 Å². The van der Waals surface area contributed by atoms with Crippen LogP contribution in [0.1, 0.15) is 0 Å². The molecule has 2 aromatic rings. The number of anilines is 1. The largest absolute Gasteiger partial charge is 0.355 e. The number of nitrogens with zero attached hydrogens (tertiary/aromatic N) is 3. The van der Waals surface area contributed by atoms with Gasteiger partial charge in [0.25, 0.3) is 0 Å². The summed E-state index contributed by atoms with van der Waals surface area (Å²) in [5, 5.41) is 16.5. The van der Waals surface area contributed by atoms with Crippen LogP contribution in [0.5, 0.6) is 0 Å². The van der Waals surface area contributed by atoms with Gasteiger partial charge in [-0.05, 0) is 28.1 Å². The van der Waals surface area contributed by atoms with Crippen LogP contribution in [0.3, 0.4) is 0 Å². The molecule has 0 bridgehead atoms. The fraction of sp³-hybridized carbons (Fsp3) is 0.286. The molecule has 1 aromatic heterocycles. The van der Waals surface area contributed by atoms with E-state index in [-0.39, 0.29) is 46.0 Å². The standard InChI is InChI=1S/C14H15BrN4O6S3/c15-10-3-1-2-4-12(10)28(24,25)18-7-5-17(6-8-18)14-11(19(20)21)9-13(26-14)27(16,22)23/h1-4,9H,5-8H2,(H2,16,22,23). The van der Waals surface area contributed by atoms with Gasteiger partial charge in [0.1, 0.15) is 4.21 Å². The molecule has 2 N–H and O–H groups in total. The zero-order valence-electron chi connectivity index (χ0n) is 14.2. The van der Waals surface area contributed by atoms with E-state index in [4.69, 9.17) is 5.14 Å². The number of primary sulfonamides is 1. The summed E-state index contributed by atoms with van der Waals surface area (Å²) in [6, 6.07) is 7.39. The Morgan fingerprint density at radius 2 is 1.71 bits per heavy atom. The van der Waals surface area contributed by atoms with Gasteiger partial charge < -0.3 is 4.90 Å². The molecule has 1 aliphatic rings. The Morgan fingerprint density at radius 1 is 1.11 bits per heavy atom. The summed E-state index contributed by atoms with van der Waals surface area (Å²) < 4.78 is 50.2. The molecule has 0 amide bonds. The Labute approximate surface area is 173 Å². The Balaban J connectivity index is 1.84. The highest BCUT2D eigenvalue weighted by Crippen LogP contribution is 2.40. The van der Waals surface area contributed by atoms with Crippen LogP contribution in [-0.2, 0) is 20.0 Å². The van der Waals surface area contributed by atoms with Crippen molar-refractivity contribution < 1.29 is 21.8 Å². The van der Waals surface area contributed by atoms with Gasteiger partial charge in [0.05, 0.1) is 9.82 Å². The van der Waals surface area contributed by atoms with Crippen molar-refractivity contribution >= 4 is 58.0 Å². The number of nitrogens with two attached hydrogens (primary N) is 1. The molecule has 0 atom stereocenters. The number of thiophene rings is 1. The summed E-state index contributed by atoms with van der Waals surface area (Å²) in [4.78, 5) is 12.4. The molecule has 0 spiro atoms. The van der Waals surface area contributed by atoms with Crippen molar-refractivity contribution in [1.82, 2.24) is 4.31 Å². The summed E-state index contributed by atoms with van der Waals surface area (Å²) >= 11 is 3.94. The first-order valence-electron chi connectivity index (χ1n) is 7.82. The smallest absolute Gasteiger partial charge is 0.305 e. The van der Waals surface area contributed by atoms with Crippen LogP contribution in [0.15, 0.2) is 43.9 Å². The number of hydrogen-bond donors (Lipinski definition) is 1. The molecule has 152 valence electrons. The van der Waals surface area contributed by atoms with Gasteiger partial charge in [-0.15, -0.1) is 0 Å². The van der Waals surface area contributed by atoms with E-state index in [1.165, 1.54) is 10.4 Å². The van der Waals surface area contributed by atoms with Gasteiger partial charge in [0.15, 0.2) is 5.00 Å². The van der Waals surface area contributed by atoms with Gasteiger partial charge >= 0.3 is 5.69 Å². The highest BCUT2D eigenvalue weighted by atomic mass is 79.9. The van der Waals surface area contributed by atoms with E-state index in [1.54, 1.807) is 23.1 Å².